The molecule has 2 heterocycles. The summed E-state index contributed by atoms with van der Waals surface area (Å²) in [6.07, 6.45) is 2.43. The van der Waals surface area contributed by atoms with Crippen LogP contribution in [0, 0.1) is 6.92 Å². The highest BCUT2D eigenvalue weighted by molar-refractivity contribution is 5.96. The molecular formula is C24H30N4O. The molecule has 0 spiro atoms. The Morgan fingerprint density at radius 3 is 2.55 bits per heavy atom. The largest absolute Gasteiger partial charge is 0.369 e. The van der Waals surface area contributed by atoms with Gasteiger partial charge in [0.2, 0.25) is 5.91 Å². The summed E-state index contributed by atoms with van der Waals surface area (Å²) in [5.41, 5.74) is 5.45. The number of piperazine rings is 1. The van der Waals surface area contributed by atoms with Crippen LogP contribution in [0.3, 0.4) is 0 Å². The molecule has 1 aromatic heterocycles. The van der Waals surface area contributed by atoms with Crippen LogP contribution in [0.25, 0.3) is 10.9 Å². The van der Waals surface area contributed by atoms with Crippen LogP contribution >= 0.6 is 0 Å². The zero-order valence-electron chi connectivity index (χ0n) is 17.6. The first-order chi connectivity index (χ1) is 14.0. The van der Waals surface area contributed by atoms with E-state index in [4.69, 9.17) is 0 Å². The molecule has 3 aromatic rings. The lowest BCUT2D eigenvalue weighted by Crippen LogP contribution is -2.46. The molecule has 1 amide bonds. The molecular weight excluding hydrogens is 360 g/mol. The van der Waals surface area contributed by atoms with Crippen LogP contribution < -0.4 is 10.2 Å². The fraction of sp³-hybridized carbons (Fsp3) is 0.375. The van der Waals surface area contributed by atoms with Crippen molar-refractivity contribution in [3.63, 3.8) is 0 Å². The lowest BCUT2D eigenvalue weighted by molar-refractivity contribution is -0.115. The molecule has 1 saturated heterocycles. The monoisotopic (exact) mass is 390 g/mol. The predicted molar refractivity (Wildman–Crippen MR) is 121 cm³/mol. The van der Waals surface area contributed by atoms with Crippen LogP contribution in [-0.4, -0.2) is 48.1 Å². The van der Waals surface area contributed by atoms with Gasteiger partial charge in [0.25, 0.3) is 0 Å². The number of fused-ring (bicyclic) bond motifs is 1. The third-order valence-corrected chi connectivity index (χ3v) is 6.00. The lowest BCUT2D eigenvalue weighted by Gasteiger charge is -2.35. The van der Waals surface area contributed by atoms with E-state index in [-0.39, 0.29) is 5.91 Å². The van der Waals surface area contributed by atoms with Gasteiger partial charge in [-0.2, -0.15) is 0 Å². The third-order valence-electron chi connectivity index (χ3n) is 6.00. The first-order valence-electron chi connectivity index (χ1n) is 10.5. The van der Waals surface area contributed by atoms with Crippen LogP contribution in [0.1, 0.15) is 18.1 Å². The first-order valence-corrected chi connectivity index (χ1v) is 10.5. The standard InChI is InChI=1S/C24H30N4O/c1-4-27-11-13-28(14-12-27)20-9-10-22(18(2)15-20)25-24(29)16-19-17-26(3)23-8-6-5-7-21(19)23/h5-10,15,17H,4,11-14,16H2,1-3H3,(H,25,29). The molecule has 4 rings (SSSR count). The smallest absolute Gasteiger partial charge is 0.228 e. The van der Waals surface area contributed by atoms with Crippen molar-refractivity contribution in [3.8, 4) is 0 Å². The van der Waals surface area contributed by atoms with Crippen molar-refractivity contribution in [2.75, 3.05) is 42.9 Å². The van der Waals surface area contributed by atoms with Gasteiger partial charge in [0, 0.05) is 61.7 Å². The number of hydrogen-bond donors (Lipinski definition) is 1. The Morgan fingerprint density at radius 2 is 1.83 bits per heavy atom. The van der Waals surface area contributed by atoms with Crippen molar-refractivity contribution >= 4 is 28.2 Å². The highest BCUT2D eigenvalue weighted by Crippen LogP contribution is 2.25. The summed E-state index contributed by atoms with van der Waals surface area (Å²) >= 11 is 0. The number of nitrogens with zero attached hydrogens (tertiary/aromatic N) is 3. The van der Waals surface area contributed by atoms with Gasteiger partial charge >= 0.3 is 0 Å². The Balaban J connectivity index is 1.43. The van der Waals surface area contributed by atoms with Crippen molar-refractivity contribution < 1.29 is 4.79 Å². The van der Waals surface area contributed by atoms with Crippen LogP contribution in [0.2, 0.25) is 0 Å². The minimum absolute atomic E-state index is 0.0220. The zero-order chi connectivity index (χ0) is 20.4. The van der Waals surface area contributed by atoms with E-state index in [1.807, 2.05) is 25.2 Å². The number of anilines is 2. The number of hydrogen-bond acceptors (Lipinski definition) is 3. The second-order valence-electron chi connectivity index (χ2n) is 7.93. The quantitative estimate of drug-likeness (QED) is 0.720. The number of aryl methyl sites for hydroxylation is 2. The molecule has 0 saturated carbocycles. The maximum Gasteiger partial charge on any atom is 0.228 e. The Morgan fingerprint density at radius 1 is 1.07 bits per heavy atom. The van der Waals surface area contributed by atoms with E-state index in [9.17, 15) is 4.79 Å². The second kappa shape index (κ2) is 8.29. The van der Waals surface area contributed by atoms with E-state index >= 15 is 0 Å². The van der Waals surface area contributed by atoms with Gasteiger partial charge in [-0.05, 0) is 48.9 Å². The van der Waals surface area contributed by atoms with Crippen molar-refractivity contribution in [1.29, 1.82) is 0 Å². The molecule has 1 aliphatic heterocycles. The number of carbonyl (C=O) groups excluding carboxylic acids is 1. The van der Waals surface area contributed by atoms with E-state index in [2.05, 4.69) is 64.0 Å². The normalized spacial score (nSPS) is 15.1. The van der Waals surface area contributed by atoms with E-state index in [0.717, 1.165) is 60.4 Å². The summed E-state index contributed by atoms with van der Waals surface area (Å²) in [5, 5.41) is 4.25. The molecule has 0 aliphatic carbocycles. The number of benzene rings is 2. The Hall–Kier alpha value is -2.79. The molecule has 1 fully saturated rings. The highest BCUT2D eigenvalue weighted by atomic mass is 16.1. The molecule has 5 heteroatoms. The van der Waals surface area contributed by atoms with E-state index in [0.29, 0.717) is 6.42 Å². The van der Waals surface area contributed by atoms with E-state index in [1.165, 1.54) is 5.69 Å². The lowest BCUT2D eigenvalue weighted by atomic mass is 10.1. The Labute approximate surface area is 172 Å². The van der Waals surface area contributed by atoms with Crippen molar-refractivity contribution in [2.24, 2.45) is 7.05 Å². The molecule has 0 radical (unpaired) electrons. The molecule has 29 heavy (non-hydrogen) atoms. The van der Waals surface area contributed by atoms with Crippen LogP contribution in [0.4, 0.5) is 11.4 Å². The molecule has 0 unspecified atom stereocenters. The number of rotatable bonds is 5. The molecule has 0 bridgehead atoms. The van der Waals surface area contributed by atoms with Gasteiger partial charge in [-0.25, -0.2) is 0 Å². The summed E-state index contributed by atoms with van der Waals surface area (Å²) in [7, 11) is 2.02. The SMILES string of the molecule is CCN1CCN(c2ccc(NC(=O)Cc3cn(C)c4ccccc34)c(C)c2)CC1. The number of para-hydroxylation sites is 1. The number of nitrogens with one attached hydrogen (secondary N) is 1. The molecule has 5 nitrogen and oxygen atoms in total. The summed E-state index contributed by atoms with van der Waals surface area (Å²) in [5.74, 6) is 0.0220. The van der Waals surface area contributed by atoms with Crippen LogP contribution in [0.5, 0.6) is 0 Å². The minimum Gasteiger partial charge on any atom is -0.369 e. The number of carbonyl (C=O) groups is 1. The van der Waals surface area contributed by atoms with Gasteiger partial charge in [-0.1, -0.05) is 25.1 Å². The van der Waals surface area contributed by atoms with Gasteiger partial charge in [-0.3, -0.25) is 4.79 Å². The molecule has 0 atom stereocenters. The van der Waals surface area contributed by atoms with Gasteiger partial charge in [-0.15, -0.1) is 0 Å². The Kier molecular flexibility index (Phi) is 5.58. The topological polar surface area (TPSA) is 40.5 Å². The van der Waals surface area contributed by atoms with Gasteiger partial charge < -0.3 is 19.7 Å². The summed E-state index contributed by atoms with van der Waals surface area (Å²) < 4.78 is 2.08. The van der Waals surface area contributed by atoms with Crippen molar-refractivity contribution in [2.45, 2.75) is 20.3 Å². The fourth-order valence-electron chi connectivity index (χ4n) is 4.24. The molecule has 2 aromatic carbocycles. The van der Waals surface area contributed by atoms with E-state index in [1.54, 1.807) is 0 Å². The van der Waals surface area contributed by atoms with Gasteiger partial charge in [0.05, 0.1) is 6.42 Å². The first kappa shape index (κ1) is 19.5. The van der Waals surface area contributed by atoms with E-state index < -0.39 is 0 Å². The average Bonchev–Trinajstić information content (AvgIpc) is 3.05. The highest BCUT2D eigenvalue weighted by Gasteiger charge is 2.17. The molecule has 1 aliphatic rings. The number of amides is 1. The van der Waals surface area contributed by atoms with Gasteiger partial charge in [0.15, 0.2) is 0 Å². The number of aromatic nitrogens is 1. The molecule has 1 N–H and O–H groups in total. The predicted octanol–water partition coefficient (Wildman–Crippen LogP) is 3.81. The second-order valence-corrected chi connectivity index (χ2v) is 7.93. The number of likely N-dealkylation sites (N-methyl/N-ethyl adjacent to an activating group) is 1. The van der Waals surface area contributed by atoms with Crippen molar-refractivity contribution in [3.05, 3.63) is 59.8 Å². The average molecular weight is 391 g/mol. The summed E-state index contributed by atoms with van der Waals surface area (Å²) in [4.78, 5) is 17.6. The maximum absolute atomic E-state index is 12.7. The fourth-order valence-corrected chi connectivity index (χ4v) is 4.24. The summed E-state index contributed by atoms with van der Waals surface area (Å²) in [6, 6.07) is 14.6. The summed E-state index contributed by atoms with van der Waals surface area (Å²) in [6.45, 7) is 9.74. The van der Waals surface area contributed by atoms with Crippen molar-refractivity contribution in [1.82, 2.24) is 9.47 Å². The maximum atomic E-state index is 12.7. The minimum atomic E-state index is 0.0220. The third kappa shape index (κ3) is 4.15. The molecule has 152 valence electrons. The van der Waals surface area contributed by atoms with Gasteiger partial charge in [0.1, 0.15) is 0 Å². The van der Waals surface area contributed by atoms with Crippen LogP contribution in [0.15, 0.2) is 48.7 Å². The Bertz CT molecular complexity index is 1010. The zero-order valence-corrected chi connectivity index (χ0v) is 17.6. The van der Waals surface area contributed by atoms with Crippen LogP contribution in [-0.2, 0) is 18.3 Å².